The molecule has 1 aromatic heterocycles. The number of allylic oxidation sites excluding steroid dienone is 1. The predicted octanol–water partition coefficient (Wildman–Crippen LogP) is 7.64. The molecule has 0 saturated carbocycles. The zero-order chi connectivity index (χ0) is 26.9. The molecule has 5 aromatic rings. The summed E-state index contributed by atoms with van der Waals surface area (Å²) in [4.78, 5) is 26.5. The number of benzene rings is 4. The molecule has 0 fully saturated rings. The van der Waals surface area contributed by atoms with E-state index in [1.54, 1.807) is 42.5 Å². The quantitative estimate of drug-likeness (QED) is 0.131. The fourth-order valence-corrected chi connectivity index (χ4v) is 4.53. The zero-order valence-electron chi connectivity index (χ0n) is 21.4. The summed E-state index contributed by atoms with van der Waals surface area (Å²) >= 11 is 0. The van der Waals surface area contributed by atoms with Crippen molar-refractivity contribution in [1.82, 2.24) is 0 Å². The molecule has 1 aliphatic rings. The standard InChI is InChI=1S/C33H24O6/c1-3-36-23-14-16-27-26(18-23)30(32(39-27)22-7-5-4-6-8-22)33(35)37-24-13-15-25-28(19-24)38-29(31(25)34)17-21-11-9-20(2)10-12-21/h4-19H,3H2,1-2H3. The molecule has 1 aliphatic heterocycles. The van der Waals surface area contributed by atoms with Crippen molar-refractivity contribution in [3.05, 3.63) is 119 Å². The Bertz CT molecular complexity index is 1740. The van der Waals surface area contributed by atoms with E-state index in [-0.39, 0.29) is 22.9 Å². The van der Waals surface area contributed by atoms with Gasteiger partial charge in [0.1, 0.15) is 34.2 Å². The number of carbonyl (C=O) groups is 2. The van der Waals surface area contributed by atoms with Gasteiger partial charge in [-0.1, -0.05) is 60.2 Å². The summed E-state index contributed by atoms with van der Waals surface area (Å²) < 4.78 is 23.4. The topological polar surface area (TPSA) is 75.0 Å². The molecule has 0 spiro atoms. The molecular formula is C33H24O6. The van der Waals surface area contributed by atoms with Gasteiger partial charge in [0.15, 0.2) is 5.76 Å². The van der Waals surface area contributed by atoms with E-state index in [0.717, 1.165) is 16.7 Å². The normalized spacial score (nSPS) is 13.4. The first-order valence-electron chi connectivity index (χ1n) is 12.6. The van der Waals surface area contributed by atoms with Crippen molar-refractivity contribution in [2.45, 2.75) is 13.8 Å². The molecule has 0 N–H and O–H groups in total. The van der Waals surface area contributed by atoms with Crippen LogP contribution in [-0.4, -0.2) is 18.4 Å². The maximum atomic E-state index is 13.6. The highest BCUT2D eigenvalue weighted by molar-refractivity contribution is 6.15. The first kappa shape index (κ1) is 24.2. The summed E-state index contributed by atoms with van der Waals surface area (Å²) in [5.74, 6) is 1.00. The maximum Gasteiger partial charge on any atom is 0.348 e. The van der Waals surface area contributed by atoms with Gasteiger partial charge >= 0.3 is 5.97 Å². The van der Waals surface area contributed by atoms with Gasteiger partial charge in [-0.05, 0) is 55.8 Å². The Kier molecular flexibility index (Phi) is 6.21. The highest BCUT2D eigenvalue weighted by atomic mass is 16.5. The van der Waals surface area contributed by atoms with E-state index in [9.17, 15) is 9.59 Å². The second-order valence-electron chi connectivity index (χ2n) is 9.16. The molecule has 0 saturated heterocycles. The average molecular weight is 517 g/mol. The minimum atomic E-state index is -0.596. The molecule has 0 unspecified atom stereocenters. The van der Waals surface area contributed by atoms with Crippen LogP contribution in [0, 0.1) is 6.92 Å². The molecule has 6 heteroatoms. The lowest BCUT2D eigenvalue weighted by Gasteiger charge is -2.07. The van der Waals surface area contributed by atoms with Crippen molar-refractivity contribution in [2.24, 2.45) is 0 Å². The van der Waals surface area contributed by atoms with Gasteiger partial charge in [0.05, 0.1) is 12.2 Å². The minimum absolute atomic E-state index is 0.216. The highest BCUT2D eigenvalue weighted by Gasteiger charge is 2.29. The largest absolute Gasteiger partial charge is 0.494 e. The lowest BCUT2D eigenvalue weighted by molar-refractivity contribution is 0.0736. The summed E-state index contributed by atoms with van der Waals surface area (Å²) in [6.07, 6.45) is 1.70. The van der Waals surface area contributed by atoms with Gasteiger partial charge < -0.3 is 18.6 Å². The number of esters is 1. The molecule has 0 amide bonds. The van der Waals surface area contributed by atoms with Crippen LogP contribution in [0.25, 0.3) is 28.4 Å². The van der Waals surface area contributed by atoms with Crippen LogP contribution in [0.5, 0.6) is 17.2 Å². The Morgan fingerprint density at radius 3 is 2.44 bits per heavy atom. The number of hydrogen-bond donors (Lipinski definition) is 0. The minimum Gasteiger partial charge on any atom is -0.494 e. The summed E-state index contributed by atoms with van der Waals surface area (Å²) in [6, 6.07) is 27.3. The van der Waals surface area contributed by atoms with E-state index in [4.69, 9.17) is 18.6 Å². The Balaban J connectivity index is 1.33. The van der Waals surface area contributed by atoms with E-state index in [0.29, 0.717) is 40.4 Å². The van der Waals surface area contributed by atoms with Gasteiger partial charge in [-0.3, -0.25) is 4.79 Å². The van der Waals surface area contributed by atoms with E-state index in [2.05, 4.69) is 0 Å². The number of Topliss-reactive ketones (excluding diaryl/α,β-unsaturated/α-hetero) is 1. The molecule has 6 nitrogen and oxygen atoms in total. The smallest absolute Gasteiger partial charge is 0.348 e. The van der Waals surface area contributed by atoms with Gasteiger partial charge in [-0.25, -0.2) is 4.79 Å². The second-order valence-corrected chi connectivity index (χ2v) is 9.16. The predicted molar refractivity (Wildman–Crippen MR) is 148 cm³/mol. The fraction of sp³-hybridized carbons (Fsp3) is 0.0909. The average Bonchev–Trinajstić information content (AvgIpc) is 3.47. The van der Waals surface area contributed by atoms with Crippen LogP contribution in [0.2, 0.25) is 0 Å². The SMILES string of the molecule is CCOc1ccc2oc(-c3ccccc3)c(C(=O)Oc3ccc4c(c3)OC(=Cc3ccc(C)cc3)C4=O)c2c1. The summed E-state index contributed by atoms with van der Waals surface area (Å²) in [5.41, 5.74) is 3.96. The third-order valence-electron chi connectivity index (χ3n) is 6.44. The van der Waals surface area contributed by atoms with Crippen LogP contribution in [0.3, 0.4) is 0 Å². The second kappa shape index (κ2) is 9.99. The number of fused-ring (bicyclic) bond motifs is 2. The van der Waals surface area contributed by atoms with Crippen molar-refractivity contribution in [1.29, 1.82) is 0 Å². The number of aryl methyl sites for hydroxylation is 1. The van der Waals surface area contributed by atoms with Crippen molar-refractivity contribution in [3.8, 4) is 28.6 Å². The molecule has 39 heavy (non-hydrogen) atoms. The van der Waals surface area contributed by atoms with E-state index < -0.39 is 5.97 Å². The molecule has 192 valence electrons. The van der Waals surface area contributed by atoms with Crippen molar-refractivity contribution in [2.75, 3.05) is 6.61 Å². The number of rotatable bonds is 6. The number of hydrogen-bond acceptors (Lipinski definition) is 6. The van der Waals surface area contributed by atoms with Gasteiger partial charge in [0.2, 0.25) is 5.78 Å². The number of furan rings is 1. The van der Waals surface area contributed by atoms with Gasteiger partial charge in [-0.15, -0.1) is 0 Å². The zero-order valence-corrected chi connectivity index (χ0v) is 21.4. The number of carbonyl (C=O) groups excluding carboxylic acids is 2. The molecule has 0 radical (unpaired) electrons. The molecule has 0 atom stereocenters. The van der Waals surface area contributed by atoms with Crippen LogP contribution in [0.4, 0.5) is 0 Å². The monoisotopic (exact) mass is 516 g/mol. The number of ketones is 1. The number of ether oxygens (including phenoxy) is 3. The lowest BCUT2D eigenvalue weighted by Crippen LogP contribution is -2.09. The molecule has 0 aliphatic carbocycles. The maximum absolute atomic E-state index is 13.6. The molecule has 2 heterocycles. The van der Waals surface area contributed by atoms with Crippen LogP contribution in [0.1, 0.15) is 38.8 Å². The van der Waals surface area contributed by atoms with Crippen molar-refractivity contribution < 1.29 is 28.2 Å². The van der Waals surface area contributed by atoms with Crippen molar-refractivity contribution in [3.63, 3.8) is 0 Å². The van der Waals surface area contributed by atoms with Crippen LogP contribution >= 0.6 is 0 Å². The van der Waals surface area contributed by atoms with Crippen LogP contribution in [-0.2, 0) is 0 Å². The summed E-state index contributed by atoms with van der Waals surface area (Å²) in [5, 5.41) is 0.584. The van der Waals surface area contributed by atoms with Gasteiger partial charge in [-0.2, -0.15) is 0 Å². The molecular weight excluding hydrogens is 492 g/mol. The van der Waals surface area contributed by atoms with E-state index >= 15 is 0 Å². The molecule has 6 rings (SSSR count). The fourth-order valence-electron chi connectivity index (χ4n) is 4.53. The lowest BCUT2D eigenvalue weighted by atomic mass is 10.1. The first-order valence-corrected chi connectivity index (χ1v) is 12.6. The van der Waals surface area contributed by atoms with Crippen molar-refractivity contribution >= 4 is 28.8 Å². The third-order valence-corrected chi connectivity index (χ3v) is 6.44. The third kappa shape index (κ3) is 4.68. The Hall–Kier alpha value is -5.10. The Morgan fingerprint density at radius 1 is 0.897 bits per heavy atom. The molecule has 0 bridgehead atoms. The summed E-state index contributed by atoms with van der Waals surface area (Å²) in [6.45, 7) is 4.38. The van der Waals surface area contributed by atoms with Crippen LogP contribution < -0.4 is 14.2 Å². The van der Waals surface area contributed by atoms with E-state index in [1.165, 1.54) is 0 Å². The van der Waals surface area contributed by atoms with E-state index in [1.807, 2.05) is 68.4 Å². The summed E-state index contributed by atoms with van der Waals surface area (Å²) in [7, 11) is 0. The van der Waals surface area contributed by atoms with Crippen LogP contribution in [0.15, 0.2) is 101 Å². The Morgan fingerprint density at radius 2 is 1.67 bits per heavy atom. The van der Waals surface area contributed by atoms with Gasteiger partial charge in [0, 0.05) is 17.0 Å². The Labute approximate surface area is 225 Å². The molecule has 4 aromatic carbocycles. The highest BCUT2D eigenvalue weighted by Crippen LogP contribution is 2.38. The van der Waals surface area contributed by atoms with Gasteiger partial charge in [0.25, 0.3) is 0 Å². The first-order chi connectivity index (χ1) is 19.0.